The Morgan fingerprint density at radius 1 is 1.31 bits per heavy atom. The van der Waals surface area contributed by atoms with Gasteiger partial charge in [-0.25, -0.2) is 19.3 Å². The highest BCUT2D eigenvalue weighted by molar-refractivity contribution is 5.83. The number of imidazole rings is 1. The number of anilines is 1. The number of aliphatic hydroxyl groups is 2. The highest BCUT2D eigenvalue weighted by atomic mass is 19.4. The number of aliphatic hydroxyl groups excluding tert-OH is 2. The van der Waals surface area contributed by atoms with Crippen LogP contribution in [0.4, 0.5) is 23.4 Å². The lowest BCUT2D eigenvalue weighted by atomic mass is 10.1. The predicted molar refractivity (Wildman–Crippen MR) is 78.9 cm³/mol. The number of nitrogens with zero attached hydrogens (tertiary/aromatic N) is 4. The summed E-state index contributed by atoms with van der Waals surface area (Å²) in [6.07, 6.45) is -8.35. The second-order valence-corrected chi connectivity index (χ2v) is 6.32. The monoisotopic (exact) mass is 377 g/mol. The van der Waals surface area contributed by atoms with E-state index >= 15 is 0 Å². The van der Waals surface area contributed by atoms with Crippen LogP contribution >= 0.6 is 0 Å². The maximum absolute atomic E-state index is 14.3. The number of fused-ring (bicyclic) bond motifs is 1. The summed E-state index contributed by atoms with van der Waals surface area (Å²) in [6, 6.07) is 0.0107. The van der Waals surface area contributed by atoms with E-state index in [1.807, 2.05) is 0 Å². The van der Waals surface area contributed by atoms with Crippen LogP contribution in [-0.2, 0) is 10.9 Å². The van der Waals surface area contributed by atoms with Crippen LogP contribution in [0.25, 0.3) is 11.2 Å². The van der Waals surface area contributed by atoms with Crippen molar-refractivity contribution in [3.8, 4) is 0 Å². The van der Waals surface area contributed by atoms with E-state index in [0.717, 1.165) is 23.7 Å². The van der Waals surface area contributed by atoms with Gasteiger partial charge in [-0.05, 0) is 12.8 Å². The van der Waals surface area contributed by atoms with Crippen LogP contribution in [0.1, 0.15) is 24.9 Å². The minimum Gasteiger partial charge on any atom is -0.394 e. The third-order valence-corrected chi connectivity index (χ3v) is 4.34. The van der Waals surface area contributed by atoms with Crippen molar-refractivity contribution >= 4 is 17.0 Å². The second kappa shape index (κ2) is 5.99. The number of nitrogens with one attached hydrogen (secondary N) is 1. The van der Waals surface area contributed by atoms with Gasteiger partial charge in [0.15, 0.2) is 29.4 Å². The lowest BCUT2D eigenvalue weighted by molar-refractivity contribution is -0.144. The summed E-state index contributed by atoms with van der Waals surface area (Å²) in [7, 11) is 0. The van der Waals surface area contributed by atoms with Crippen LogP contribution in [0.15, 0.2) is 6.33 Å². The fourth-order valence-corrected chi connectivity index (χ4v) is 2.83. The Bertz CT molecular complexity index is 825. The Labute approximate surface area is 143 Å². The molecule has 12 heteroatoms. The first kappa shape index (κ1) is 17.4. The summed E-state index contributed by atoms with van der Waals surface area (Å²) in [6.45, 7) is -0.637. The number of halogens is 4. The van der Waals surface area contributed by atoms with Gasteiger partial charge in [-0.15, -0.1) is 0 Å². The first-order chi connectivity index (χ1) is 12.3. The molecule has 0 radical (unpaired) electrons. The maximum atomic E-state index is 14.3. The van der Waals surface area contributed by atoms with E-state index in [9.17, 15) is 22.7 Å². The molecule has 2 aromatic heterocycles. The van der Waals surface area contributed by atoms with Gasteiger partial charge in [0.05, 0.1) is 12.9 Å². The van der Waals surface area contributed by atoms with Gasteiger partial charge in [0.25, 0.3) is 0 Å². The summed E-state index contributed by atoms with van der Waals surface area (Å²) in [5.41, 5.74) is -0.225. The molecule has 26 heavy (non-hydrogen) atoms. The second-order valence-electron chi connectivity index (χ2n) is 6.32. The molecule has 8 nitrogen and oxygen atoms in total. The molecular weight excluding hydrogens is 362 g/mol. The lowest BCUT2D eigenvalue weighted by Crippen LogP contribution is -2.30. The molecule has 2 fully saturated rings. The zero-order chi connectivity index (χ0) is 18.6. The molecule has 3 N–H and O–H groups in total. The van der Waals surface area contributed by atoms with Crippen LogP contribution in [0.3, 0.4) is 0 Å². The average Bonchev–Trinajstić information content (AvgIpc) is 3.22. The highest BCUT2D eigenvalue weighted by Crippen LogP contribution is 2.36. The van der Waals surface area contributed by atoms with Gasteiger partial charge in [-0.3, -0.25) is 4.57 Å². The van der Waals surface area contributed by atoms with Gasteiger partial charge in [-0.2, -0.15) is 13.2 Å². The number of rotatable bonds is 4. The summed E-state index contributed by atoms with van der Waals surface area (Å²) in [4.78, 5) is 11.0. The first-order valence-electron chi connectivity index (χ1n) is 7.96. The molecule has 0 unspecified atom stereocenters. The Morgan fingerprint density at radius 3 is 2.62 bits per heavy atom. The molecule has 1 saturated carbocycles. The maximum Gasteiger partial charge on any atom is 0.451 e. The molecule has 4 atom stereocenters. The molecule has 4 rings (SSSR count). The van der Waals surface area contributed by atoms with Crippen LogP contribution in [0.5, 0.6) is 0 Å². The van der Waals surface area contributed by atoms with Gasteiger partial charge in [0, 0.05) is 6.04 Å². The number of alkyl halides is 4. The standard InChI is InChI=1S/C14H15F4N5O3/c15-7-9(25)6(3-24)26-12(7)23-4-19-8-10(20-5-1-2-5)21-13(14(16,17)18)22-11(8)23/h4-7,9,12,24-25H,1-3H2,(H,20,21,22)/t6-,7+,9-,12-/m1/s1. The fraction of sp³-hybridized carbons (Fsp3) is 0.643. The normalized spacial score (nSPS) is 29.5. The molecule has 1 aliphatic heterocycles. The van der Waals surface area contributed by atoms with Crippen molar-refractivity contribution in [3.63, 3.8) is 0 Å². The first-order valence-corrected chi connectivity index (χ1v) is 7.96. The molecular formula is C14H15F4N5O3. The van der Waals surface area contributed by atoms with Gasteiger partial charge in [0.2, 0.25) is 5.82 Å². The third-order valence-electron chi connectivity index (χ3n) is 4.34. The van der Waals surface area contributed by atoms with Crippen LogP contribution in [-0.4, -0.2) is 60.8 Å². The molecule has 0 spiro atoms. The minimum absolute atomic E-state index is 0.0107. The molecule has 0 aromatic carbocycles. The summed E-state index contributed by atoms with van der Waals surface area (Å²) < 4.78 is 60.0. The van der Waals surface area contributed by atoms with Crippen molar-refractivity contribution in [2.24, 2.45) is 0 Å². The van der Waals surface area contributed by atoms with E-state index in [1.165, 1.54) is 0 Å². The van der Waals surface area contributed by atoms with E-state index in [-0.39, 0.29) is 23.0 Å². The van der Waals surface area contributed by atoms with Crippen LogP contribution in [0, 0.1) is 0 Å². The van der Waals surface area contributed by atoms with Crippen LogP contribution in [0.2, 0.25) is 0 Å². The summed E-state index contributed by atoms with van der Waals surface area (Å²) in [5, 5.41) is 21.7. The number of ether oxygens (including phenoxy) is 1. The SMILES string of the molecule is OC[C@H]1O[C@@H](n2cnc3c(NC4CC4)nc(C(F)(F)F)nc32)[C@@H](F)[C@@H]1O. The Morgan fingerprint density at radius 2 is 2.04 bits per heavy atom. The van der Waals surface area contributed by atoms with Crippen molar-refractivity contribution in [2.75, 3.05) is 11.9 Å². The zero-order valence-electron chi connectivity index (χ0n) is 13.2. The smallest absolute Gasteiger partial charge is 0.394 e. The van der Waals surface area contributed by atoms with Gasteiger partial charge >= 0.3 is 6.18 Å². The Hall–Kier alpha value is -2.05. The Balaban J connectivity index is 1.81. The van der Waals surface area contributed by atoms with E-state index < -0.39 is 43.2 Å². The van der Waals surface area contributed by atoms with E-state index in [4.69, 9.17) is 9.84 Å². The molecule has 1 saturated heterocycles. The topological polar surface area (TPSA) is 105 Å². The molecule has 0 bridgehead atoms. The van der Waals surface area contributed by atoms with Crippen molar-refractivity contribution in [2.45, 2.75) is 49.7 Å². The van der Waals surface area contributed by atoms with E-state index in [0.29, 0.717) is 0 Å². The molecule has 2 aliphatic rings. The average molecular weight is 377 g/mol. The van der Waals surface area contributed by atoms with Crippen molar-refractivity contribution in [1.82, 2.24) is 19.5 Å². The van der Waals surface area contributed by atoms with E-state index in [2.05, 4.69) is 20.3 Å². The number of hydrogen-bond acceptors (Lipinski definition) is 7. The van der Waals surface area contributed by atoms with Crippen LogP contribution < -0.4 is 5.32 Å². The zero-order valence-corrected chi connectivity index (χ0v) is 13.2. The third kappa shape index (κ3) is 2.87. The Kier molecular flexibility index (Phi) is 4.00. The number of hydrogen-bond donors (Lipinski definition) is 3. The van der Waals surface area contributed by atoms with Gasteiger partial charge in [0.1, 0.15) is 12.2 Å². The van der Waals surface area contributed by atoms with Crippen molar-refractivity contribution in [1.29, 1.82) is 0 Å². The summed E-state index contributed by atoms with van der Waals surface area (Å²) in [5.74, 6) is -1.47. The summed E-state index contributed by atoms with van der Waals surface area (Å²) >= 11 is 0. The number of aromatic nitrogens is 4. The largest absolute Gasteiger partial charge is 0.451 e. The quantitative estimate of drug-likeness (QED) is 0.683. The molecule has 1 aliphatic carbocycles. The molecule has 2 aromatic rings. The van der Waals surface area contributed by atoms with E-state index in [1.54, 1.807) is 0 Å². The predicted octanol–water partition coefficient (Wildman–Crippen LogP) is 1.01. The fourth-order valence-electron chi connectivity index (χ4n) is 2.83. The van der Waals surface area contributed by atoms with Crippen molar-refractivity contribution < 1.29 is 32.5 Å². The van der Waals surface area contributed by atoms with Gasteiger partial charge < -0.3 is 20.3 Å². The molecule has 0 amide bonds. The lowest BCUT2D eigenvalue weighted by Gasteiger charge is -2.16. The minimum atomic E-state index is -4.80. The van der Waals surface area contributed by atoms with Gasteiger partial charge in [-0.1, -0.05) is 0 Å². The molecule has 142 valence electrons. The highest BCUT2D eigenvalue weighted by Gasteiger charge is 2.46. The molecule has 3 heterocycles. The van der Waals surface area contributed by atoms with Crippen molar-refractivity contribution in [3.05, 3.63) is 12.2 Å².